The zero-order valence-electron chi connectivity index (χ0n) is 16.0. The molecule has 0 aliphatic carbocycles. The van der Waals surface area contributed by atoms with Crippen LogP contribution in [-0.2, 0) is 23.8 Å². The summed E-state index contributed by atoms with van der Waals surface area (Å²) in [6.07, 6.45) is -0.584. The molecule has 0 heterocycles. The van der Waals surface area contributed by atoms with Crippen LogP contribution in [0.3, 0.4) is 0 Å². The molecular weight excluding hydrogens is 336 g/mol. The fourth-order valence-electron chi connectivity index (χ4n) is 2.07. The summed E-state index contributed by atoms with van der Waals surface area (Å²) in [4.78, 5) is 23.6. The van der Waals surface area contributed by atoms with Crippen LogP contribution in [0, 0.1) is 11.8 Å². The smallest absolute Gasteiger partial charge is 0.313 e. The molecule has 0 saturated heterocycles. The number of aliphatic hydroxyl groups excluding tert-OH is 1. The van der Waals surface area contributed by atoms with Crippen LogP contribution in [0.25, 0.3) is 0 Å². The highest BCUT2D eigenvalue weighted by atomic mass is 16.6. The van der Waals surface area contributed by atoms with E-state index < -0.39 is 6.10 Å². The monoisotopic (exact) mass is 366 g/mol. The molecule has 0 aliphatic heterocycles. The molecule has 0 aromatic heterocycles. The zero-order valence-corrected chi connectivity index (χ0v) is 16.0. The number of carbonyl (C=O) groups is 2. The molecule has 1 N–H and O–H groups in total. The van der Waals surface area contributed by atoms with Gasteiger partial charge in [0.05, 0.1) is 31.7 Å². The lowest BCUT2D eigenvalue weighted by atomic mass is 10.0. The third-order valence-electron chi connectivity index (χ3n) is 3.87. The third kappa shape index (κ3) is 7.97. The number of carbonyl (C=O) groups excluding carboxylic acids is 2. The molecule has 0 radical (unpaired) electrons. The molecule has 0 bridgehead atoms. The standard InChI is InChI=1S/C20H30O6/c1-14(2)19(22)26-13-18(10-21)24-11-15(3)12-25-20(23)16(4)17-8-6-5-7-9-17/h5-9,14-16,18,21H,10-13H2,1-4H3. The van der Waals surface area contributed by atoms with E-state index in [0.717, 1.165) is 5.56 Å². The number of benzene rings is 1. The lowest BCUT2D eigenvalue weighted by Gasteiger charge is -2.20. The number of hydrogen-bond acceptors (Lipinski definition) is 6. The van der Waals surface area contributed by atoms with Gasteiger partial charge in [-0.15, -0.1) is 0 Å². The van der Waals surface area contributed by atoms with Gasteiger partial charge in [-0.05, 0) is 12.5 Å². The summed E-state index contributed by atoms with van der Waals surface area (Å²) in [5.41, 5.74) is 0.911. The van der Waals surface area contributed by atoms with Crippen molar-refractivity contribution in [1.29, 1.82) is 0 Å². The van der Waals surface area contributed by atoms with E-state index in [-0.39, 0.29) is 56.1 Å². The van der Waals surface area contributed by atoms with Gasteiger partial charge >= 0.3 is 11.9 Å². The molecule has 0 spiro atoms. The Kier molecular flexibility index (Phi) is 9.91. The lowest BCUT2D eigenvalue weighted by Crippen LogP contribution is -2.29. The van der Waals surface area contributed by atoms with Gasteiger partial charge in [-0.25, -0.2) is 0 Å². The Hall–Kier alpha value is -1.92. The first-order valence-electron chi connectivity index (χ1n) is 8.95. The second kappa shape index (κ2) is 11.6. The number of esters is 2. The van der Waals surface area contributed by atoms with Crippen molar-refractivity contribution in [3.63, 3.8) is 0 Å². The molecule has 3 unspecified atom stereocenters. The van der Waals surface area contributed by atoms with E-state index in [1.165, 1.54) is 0 Å². The number of aliphatic hydroxyl groups is 1. The molecule has 1 rings (SSSR count). The van der Waals surface area contributed by atoms with Gasteiger partial charge in [0.2, 0.25) is 0 Å². The van der Waals surface area contributed by atoms with Gasteiger partial charge in [0.25, 0.3) is 0 Å². The van der Waals surface area contributed by atoms with Crippen molar-refractivity contribution < 1.29 is 28.9 Å². The van der Waals surface area contributed by atoms with Crippen molar-refractivity contribution in [2.24, 2.45) is 11.8 Å². The van der Waals surface area contributed by atoms with Gasteiger partial charge < -0.3 is 19.3 Å². The van der Waals surface area contributed by atoms with Crippen LogP contribution >= 0.6 is 0 Å². The van der Waals surface area contributed by atoms with Crippen LogP contribution in [0.1, 0.15) is 39.2 Å². The van der Waals surface area contributed by atoms with Crippen LogP contribution in [0.5, 0.6) is 0 Å². The Bertz CT molecular complexity index is 542. The van der Waals surface area contributed by atoms with Crippen LogP contribution < -0.4 is 0 Å². The summed E-state index contributed by atoms with van der Waals surface area (Å²) < 4.78 is 15.9. The van der Waals surface area contributed by atoms with Gasteiger partial charge in [-0.2, -0.15) is 0 Å². The molecule has 26 heavy (non-hydrogen) atoms. The van der Waals surface area contributed by atoms with E-state index in [4.69, 9.17) is 14.2 Å². The minimum atomic E-state index is -0.584. The minimum Gasteiger partial charge on any atom is -0.465 e. The van der Waals surface area contributed by atoms with E-state index in [2.05, 4.69) is 0 Å². The Balaban J connectivity index is 2.31. The first-order valence-corrected chi connectivity index (χ1v) is 8.95. The quantitative estimate of drug-likeness (QED) is 0.606. The van der Waals surface area contributed by atoms with Crippen molar-refractivity contribution in [2.45, 2.75) is 39.7 Å². The summed E-state index contributed by atoms with van der Waals surface area (Å²) in [5.74, 6) is -1.21. The summed E-state index contributed by atoms with van der Waals surface area (Å²) in [6, 6.07) is 9.45. The third-order valence-corrected chi connectivity index (χ3v) is 3.87. The van der Waals surface area contributed by atoms with E-state index >= 15 is 0 Å². The van der Waals surface area contributed by atoms with Crippen LogP contribution in [0.15, 0.2) is 30.3 Å². The first-order chi connectivity index (χ1) is 12.3. The van der Waals surface area contributed by atoms with Crippen molar-refractivity contribution in [3.05, 3.63) is 35.9 Å². The normalized spacial score (nSPS) is 14.5. The van der Waals surface area contributed by atoms with Gasteiger partial charge in [0, 0.05) is 5.92 Å². The van der Waals surface area contributed by atoms with Gasteiger partial charge in [-0.3, -0.25) is 9.59 Å². The highest BCUT2D eigenvalue weighted by Crippen LogP contribution is 2.16. The molecule has 146 valence electrons. The molecule has 6 heteroatoms. The van der Waals surface area contributed by atoms with Crippen LogP contribution in [0.4, 0.5) is 0 Å². The first kappa shape index (κ1) is 22.1. The molecule has 1 aromatic carbocycles. The maximum Gasteiger partial charge on any atom is 0.313 e. The van der Waals surface area contributed by atoms with Gasteiger partial charge in [0.15, 0.2) is 0 Å². The molecule has 0 fully saturated rings. The molecule has 0 aliphatic rings. The van der Waals surface area contributed by atoms with Crippen molar-refractivity contribution in [1.82, 2.24) is 0 Å². The fourth-order valence-corrected chi connectivity index (χ4v) is 2.07. The molecule has 1 aromatic rings. The average molecular weight is 366 g/mol. The summed E-state index contributed by atoms with van der Waals surface area (Å²) >= 11 is 0. The predicted octanol–water partition coefficient (Wildman–Crippen LogP) is 2.55. The van der Waals surface area contributed by atoms with E-state index in [9.17, 15) is 14.7 Å². The Labute approximate surface area is 155 Å². The topological polar surface area (TPSA) is 82.1 Å². The Morgan fingerprint density at radius 1 is 0.923 bits per heavy atom. The van der Waals surface area contributed by atoms with E-state index in [0.29, 0.717) is 0 Å². The SMILES string of the molecule is CC(COC(=O)C(C)c1ccccc1)COC(CO)COC(=O)C(C)C. The number of rotatable bonds is 11. The minimum absolute atomic E-state index is 0.00502. The van der Waals surface area contributed by atoms with Crippen LogP contribution in [-0.4, -0.2) is 49.6 Å². The van der Waals surface area contributed by atoms with Crippen molar-refractivity contribution >= 4 is 11.9 Å². The molecule has 0 amide bonds. The van der Waals surface area contributed by atoms with Gasteiger partial charge in [0.1, 0.15) is 12.7 Å². The van der Waals surface area contributed by atoms with Crippen molar-refractivity contribution in [2.75, 3.05) is 26.4 Å². The average Bonchev–Trinajstić information content (AvgIpc) is 2.65. The molecular formula is C20H30O6. The zero-order chi connectivity index (χ0) is 19.5. The Morgan fingerprint density at radius 2 is 1.54 bits per heavy atom. The predicted molar refractivity (Wildman–Crippen MR) is 97.6 cm³/mol. The maximum atomic E-state index is 12.1. The van der Waals surface area contributed by atoms with Gasteiger partial charge in [-0.1, -0.05) is 51.1 Å². The molecule has 6 nitrogen and oxygen atoms in total. The van der Waals surface area contributed by atoms with Crippen molar-refractivity contribution in [3.8, 4) is 0 Å². The van der Waals surface area contributed by atoms with E-state index in [1.54, 1.807) is 13.8 Å². The summed E-state index contributed by atoms with van der Waals surface area (Å²) in [7, 11) is 0. The van der Waals surface area contributed by atoms with E-state index in [1.807, 2.05) is 44.2 Å². The summed E-state index contributed by atoms with van der Waals surface area (Å²) in [6.45, 7) is 7.44. The molecule has 3 atom stereocenters. The largest absolute Gasteiger partial charge is 0.465 e. The Morgan fingerprint density at radius 3 is 2.12 bits per heavy atom. The highest BCUT2D eigenvalue weighted by molar-refractivity contribution is 5.77. The lowest BCUT2D eigenvalue weighted by molar-refractivity contribution is -0.154. The number of ether oxygens (including phenoxy) is 3. The molecule has 0 saturated carbocycles. The number of hydrogen-bond donors (Lipinski definition) is 1. The fraction of sp³-hybridized carbons (Fsp3) is 0.600. The van der Waals surface area contributed by atoms with Crippen LogP contribution in [0.2, 0.25) is 0 Å². The maximum absolute atomic E-state index is 12.1. The highest BCUT2D eigenvalue weighted by Gasteiger charge is 2.19. The summed E-state index contributed by atoms with van der Waals surface area (Å²) in [5, 5.41) is 9.31. The second-order valence-corrected chi connectivity index (χ2v) is 6.79. The second-order valence-electron chi connectivity index (χ2n) is 6.79.